The highest BCUT2D eigenvalue weighted by atomic mass is 79.9. The molecule has 0 fully saturated rings. The van der Waals surface area contributed by atoms with Gasteiger partial charge < -0.3 is 0 Å². The van der Waals surface area contributed by atoms with Gasteiger partial charge in [-0.3, -0.25) is 5.10 Å². The molecule has 0 aliphatic carbocycles. The molecule has 3 rings (SSSR count). The molecule has 0 atom stereocenters. The van der Waals surface area contributed by atoms with Gasteiger partial charge in [0.15, 0.2) is 11.6 Å². The molecule has 6 heteroatoms. The van der Waals surface area contributed by atoms with Crippen LogP contribution in [0.2, 0.25) is 0 Å². The van der Waals surface area contributed by atoms with E-state index in [2.05, 4.69) is 31.1 Å². The van der Waals surface area contributed by atoms with Crippen molar-refractivity contribution >= 4 is 27.3 Å². The zero-order valence-corrected chi connectivity index (χ0v) is 11.4. The second kappa shape index (κ2) is 4.62. The van der Waals surface area contributed by atoms with Crippen LogP contribution in [-0.2, 0) is 0 Å². The predicted molar refractivity (Wildman–Crippen MR) is 72.8 cm³/mol. The van der Waals surface area contributed by atoms with Crippen LogP contribution in [-0.4, -0.2) is 15.2 Å². The number of rotatable bonds is 2. The summed E-state index contributed by atoms with van der Waals surface area (Å²) in [5.41, 5.74) is 0.372. The fourth-order valence-electron chi connectivity index (χ4n) is 1.61. The summed E-state index contributed by atoms with van der Waals surface area (Å²) in [6.07, 6.45) is 0. The Labute approximate surface area is 115 Å². The van der Waals surface area contributed by atoms with E-state index in [1.165, 1.54) is 6.07 Å². The number of H-pyrrole nitrogens is 1. The van der Waals surface area contributed by atoms with Gasteiger partial charge >= 0.3 is 0 Å². The summed E-state index contributed by atoms with van der Waals surface area (Å²) in [5.74, 6) is 0.652. The molecule has 1 N–H and O–H groups in total. The van der Waals surface area contributed by atoms with Crippen molar-refractivity contribution in [3.05, 3.63) is 46.0 Å². The molecule has 0 bridgehead atoms. The van der Waals surface area contributed by atoms with E-state index in [1.807, 2.05) is 17.5 Å². The Kier molecular flexibility index (Phi) is 2.97. The molecular weight excluding hydrogens is 317 g/mol. The van der Waals surface area contributed by atoms with E-state index in [4.69, 9.17) is 0 Å². The van der Waals surface area contributed by atoms with Crippen molar-refractivity contribution in [3.63, 3.8) is 0 Å². The van der Waals surface area contributed by atoms with Gasteiger partial charge in [-0.15, -0.1) is 11.3 Å². The first-order valence-electron chi connectivity index (χ1n) is 5.16. The molecule has 3 nitrogen and oxygen atoms in total. The fourth-order valence-corrected chi connectivity index (χ4v) is 2.79. The van der Waals surface area contributed by atoms with Gasteiger partial charge in [-0.05, 0) is 39.5 Å². The summed E-state index contributed by atoms with van der Waals surface area (Å²) in [6, 6.07) is 8.66. The number of thiophene rings is 1. The van der Waals surface area contributed by atoms with Crippen molar-refractivity contribution in [2.45, 2.75) is 0 Å². The summed E-state index contributed by atoms with van der Waals surface area (Å²) in [5, 5.41) is 8.84. The van der Waals surface area contributed by atoms with Crippen LogP contribution in [0.15, 0.2) is 40.2 Å². The average Bonchev–Trinajstić information content (AvgIpc) is 2.99. The molecule has 0 aliphatic rings. The zero-order chi connectivity index (χ0) is 12.5. The van der Waals surface area contributed by atoms with Gasteiger partial charge in [-0.2, -0.15) is 5.10 Å². The largest absolute Gasteiger partial charge is 0.258 e. The summed E-state index contributed by atoms with van der Waals surface area (Å²) in [7, 11) is 0. The molecule has 0 saturated carbocycles. The maximum Gasteiger partial charge on any atom is 0.185 e. The summed E-state index contributed by atoms with van der Waals surface area (Å²) in [6.45, 7) is 0. The third-order valence-corrected chi connectivity index (χ3v) is 3.96. The van der Waals surface area contributed by atoms with E-state index in [1.54, 1.807) is 23.5 Å². The van der Waals surface area contributed by atoms with Gasteiger partial charge in [-0.25, -0.2) is 9.37 Å². The summed E-state index contributed by atoms with van der Waals surface area (Å²) >= 11 is 4.86. The molecule has 3 aromatic rings. The Balaban J connectivity index is 2.09. The van der Waals surface area contributed by atoms with Crippen LogP contribution in [0.25, 0.3) is 22.1 Å². The Morgan fingerprint density at radius 3 is 2.83 bits per heavy atom. The second-order valence-corrected chi connectivity index (χ2v) is 5.38. The molecule has 0 unspecified atom stereocenters. The maximum absolute atomic E-state index is 13.8. The lowest BCUT2D eigenvalue weighted by molar-refractivity contribution is 0.629. The molecule has 0 spiro atoms. The Hall–Kier alpha value is -1.53. The molecule has 1 aromatic carbocycles. The second-order valence-electron chi connectivity index (χ2n) is 3.58. The minimum Gasteiger partial charge on any atom is -0.258 e. The van der Waals surface area contributed by atoms with Crippen LogP contribution < -0.4 is 0 Å². The fraction of sp³-hybridized carbons (Fsp3) is 0. The van der Waals surface area contributed by atoms with E-state index >= 15 is 0 Å². The minimum absolute atomic E-state index is 0.346. The number of nitrogens with one attached hydrogen (secondary N) is 1. The average molecular weight is 324 g/mol. The molecular formula is C12H7BrFN3S. The number of nitrogens with zero attached hydrogens (tertiary/aromatic N) is 2. The van der Waals surface area contributed by atoms with Crippen LogP contribution in [0.5, 0.6) is 0 Å². The highest BCUT2D eigenvalue weighted by molar-refractivity contribution is 9.10. The monoisotopic (exact) mass is 323 g/mol. The molecule has 2 heterocycles. The van der Waals surface area contributed by atoms with Gasteiger partial charge in [-0.1, -0.05) is 12.1 Å². The van der Waals surface area contributed by atoms with Gasteiger partial charge in [0.1, 0.15) is 5.82 Å². The third-order valence-electron chi connectivity index (χ3n) is 2.43. The first-order chi connectivity index (χ1) is 8.75. The van der Waals surface area contributed by atoms with Crippen LogP contribution >= 0.6 is 27.3 Å². The van der Waals surface area contributed by atoms with Crippen molar-refractivity contribution in [3.8, 4) is 22.1 Å². The van der Waals surface area contributed by atoms with Crippen LogP contribution in [0.1, 0.15) is 0 Å². The van der Waals surface area contributed by atoms with Crippen molar-refractivity contribution in [2.24, 2.45) is 0 Å². The molecule has 0 aliphatic heterocycles. The first-order valence-corrected chi connectivity index (χ1v) is 6.83. The number of aromatic amines is 1. The third kappa shape index (κ3) is 1.97. The normalized spacial score (nSPS) is 10.8. The Morgan fingerprint density at radius 2 is 2.11 bits per heavy atom. The number of aromatic nitrogens is 3. The van der Waals surface area contributed by atoms with E-state index in [0.717, 1.165) is 4.88 Å². The minimum atomic E-state index is -0.346. The van der Waals surface area contributed by atoms with Crippen LogP contribution in [0.3, 0.4) is 0 Å². The molecule has 2 aromatic heterocycles. The number of hydrogen-bond acceptors (Lipinski definition) is 3. The number of halogens is 2. The van der Waals surface area contributed by atoms with Crippen molar-refractivity contribution in [2.75, 3.05) is 0 Å². The van der Waals surface area contributed by atoms with E-state index in [-0.39, 0.29) is 5.82 Å². The van der Waals surface area contributed by atoms with Gasteiger partial charge in [0.25, 0.3) is 0 Å². The molecule has 0 radical (unpaired) electrons. The Morgan fingerprint density at radius 1 is 1.22 bits per heavy atom. The quantitative estimate of drug-likeness (QED) is 0.771. The molecule has 90 valence electrons. The first kappa shape index (κ1) is 11.6. The standard InChI is InChI=1S/C12H7BrFN3S/c13-7-3-1-4-8(14)10(7)12-15-11(16-17-12)9-5-2-6-18-9/h1-6H,(H,15,16,17). The lowest BCUT2D eigenvalue weighted by Crippen LogP contribution is -1.88. The SMILES string of the molecule is Fc1cccc(Br)c1-c1n[nH]c(-c2cccs2)n1. The van der Waals surface area contributed by atoms with Crippen molar-refractivity contribution in [1.82, 2.24) is 15.2 Å². The Bertz CT molecular complexity index is 658. The maximum atomic E-state index is 13.8. The van der Waals surface area contributed by atoms with E-state index in [0.29, 0.717) is 21.7 Å². The number of hydrogen-bond donors (Lipinski definition) is 1. The molecule has 0 saturated heterocycles. The number of benzene rings is 1. The smallest absolute Gasteiger partial charge is 0.185 e. The van der Waals surface area contributed by atoms with Gasteiger partial charge in [0, 0.05) is 4.47 Å². The van der Waals surface area contributed by atoms with Crippen LogP contribution in [0.4, 0.5) is 4.39 Å². The lowest BCUT2D eigenvalue weighted by Gasteiger charge is -2.00. The highest BCUT2D eigenvalue weighted by Crippen LogP contribution is 2.30. The predicted octanol–water partition coefficient (Wildman–Crippen LogP) is 4.10. The van der Waals surface area contributed by atoms with Crippen molar-refractivity contribution in [1.29, 1.82) is 0 Å². The molecule has 18 heavy (non-hydrogen) atoms. The van der Waals surface area contributed by atoms with Crippen molar-refractivity contribution < 1.29 is 4.39 Å². The zero-order valence-electron chi connectivity index (χ0n) is 9.02. The molecule has 0 amide bonds. The van der Waals surface area contributed by atoms with Crippen LogP contribution in [0, 0.1) is 5.82 Å². The highest BCUT2D eigenvalue weighted by Gasteiger charge is 2.15. The van der Waals surface area contributed by atoms with E-state index < -0.39 is 0 Å². The van der Waals surface area contributed by atoms with Gasteiger partial charge in [0.05, 0.1) is 10.4 Å². The van der Waals surface area contributed by atoms with E-state index in [9.17, 15) is 4.39 Å². The summed E-state index contributed by atoms with van der Waals surface area (Å²) in [4.78, 5) is 5.29. The topological polar surface area (TPSA) is 41.6 Å². The lowest BCUT2D eigenvalue weighted by atomic mass is 10.2. The van der Waals surface area contributed by atoms with Gasteiger partial charge in [0.2, 0.25) is 0 Å². The summed E-state index contributed by atoms with van der Waals surface area (Å²) < 4.78 is 14.4.